The van der Waals surface area contributed by atoms with Crippen LogP contribution in [0.1, 0.15) is 30.9 Å². The van der Waals surface area contributed by atoms with E-state index in [0.717, 1.165) is 11.3 Å². The molecular formula is C12H11Cl2N3O3S. The third-order valence-electron chi connectivity index (χ3n) is 2.78. The van der Waals surface area contributed by atoms with Crippen LogP contribution in [-0.2, 0) is 13.6 Å². The van der Waals surface area contributed by atoms with E-state index in [4.69, 9.17) is 28.3 Å². The number of rotatable bonds is 4. The van der Waals surface area contributed by atoms with Crippen LogP contribution in [-0.4, -0.2) is 26.5 Å². The number of nitrogens with one attached hydrogen (secondary N) is 1. The molecule has 2 aromatic heterocycles. The van der Waals surface area contributed by atoms with Gasteiger partial charge in [-0.05, 0) is 13.0 Å². The van der Waals surface area contributed by atoms with Crippen molar-refractivity contribution in [1.29, 1.82) is 0 Å². The highest BCUT2D eigenvalue weighted by atomic mass is 35.5. The zero-order valence-corrected chi connectivity index (χ0v) is 13.4. The molecule has 6 nitrogen and oxygen atoms in total. The van der Waals surface area contributed by atoms with Crippen molar-refractivity contribution in [2.45, 2.75) is 13.5 Å². The van der Waals surface area contributed by atoms with E-state index in [-0.39, 0.29) is 22.5 Å². The number of carboxylic acid groups (broad SMARTS) is 1. The maximum absolute atomic E-state index is 12.0. The van der Waals surface area contributed by atoms with E-state index in [9.17, 15) is 9.59 Å². The van der Waals surface area contributed by atoms with E-state index >= 15 is 0 Å². The van der Waals surface area contributed by atoms with Gasteiger partial charge in [0.05, 0.1) is 17.3 Å². The number of amides is 1. The summed E-state index contributed by atoms with van der Waals surface area (Å²) in [6.07, 6.45) is 0. The number of carbonyl (C=O) groups is 2. The average molecular weight is 348 g/mol. The minimum absolute atomic E-state index is 0.137. The van der Waals surface area contributed by atoms with E-state index in [1.165, 1.54) is 10.6 Å². The van der Waals surface area contributed by atoms with Gasteiger partial charge in [-0.2, -0.15) is 0 Å². The number of nitrogens with zero attached hydrogens (tertiary/aromatic N) is 2. The second kappa shape index (κ2) is 6.05. The number of aromatic carboxylic acids is 1. The number of aromatic nitrogens is 2. The lowest BCUT2D eigenvalue weighted by Gasteiger charge is -2.04. The Hall–Kier alpha value is -1.57. The molecule has 2 N–H and O–H groups in total. The lowest BCUT2D eigenvalue weighted by atomic mass is 10.4. The highest BCUT2D eigenvalue weighted by Gasteiger charge is 2.17. The van der Waals surface area contributed by atoms with Gasteiger partial charge in [0, 0.05) is 7.05 Å². The van der Waals surface area contributed by atoms with Gasteiger partial charge in [-0.25, -0.2) is 9.78 Å². The Labute approximate surface area is 134 Å². The van der Waals surface area contributed by atoms with Crippen LogP contribution in [0.4, 0.5) is 0 Å². The maximum atomic E-state index is 12.0. The zero-order valence-electron chi connectivity index (χ0n) is 11.1. The van der Waals surface area contributed by atoms with Crippen LogP contribution < -0.4 is 5.32 Å². The number of carbonyl (C=O) groups excluding carboxylic acids is 1. The summed E-state index contributed by atoms with van der Waals surface area (Å²) in [6, 6.07) is 1.47. The molecule has 2 rings (SSSR count). The SMILES string of the molecule is Cc1nc(CNC(=O)c2cc(Cl)c(Cl)n2C)sc1C(=O)O. The van der Waals surface area contributed by atoms with Crippen molar-refractivity contribution in [3.8, 4) is 0 Å². The lowest BCUT2D eigenvalue weighted by Crippen LogP contribution is -2.24. The molecule has 9 heteroatoms. The first-order chi connectivity index (χ1) is 9.81. The summed E-state index contributed by atoms with van der Waals surface area (Å²) in [5.74, 6) is -1.39. The molecule has 0 saturated carbocycles. The first kappa shape index (κ1) is 15.8. The lowest BCUT2D eigenvalue weighted by molar-refractivity contribution is 0.0701. The van der Waals surface area contributed by atoms with Crippen LogP contribution in [0.25, 0.3) is 0 Å². The van der Waals surface area contributed by atoms with Gasteiger partial charge in [0.15, 0.2) is 0 Å². The quantitative estimate of drug-likeness (QED) is 0.890. The topological polar surface area (TPSA) is 84.2 Å². The van der Waals surface area contributed by atoms with E-state index in [2.05, 4.69) is 10.3 Å². The van der Waals surface area contributed by atoms with E-state index in [1.807, 2.05) is 0 Å². The molecule has 0 radical (unpaired) electrons. The van der Waals surface area contributed by atoms with E-state index < -0.39 is 5.97 Å². The van der Waals surface area contributed by atoms with Crippen LogP contribution >= 0.6 is 34.5 Å². The van der Waals surface area contributed by atoms with Crippen LogP contribution in [0.2, 0.25) is 10.2 Å². The number of hydrogen-bond acceptors (Lipinski definition) is 4. The van der Waals surface area contributed by atoms with E-state index in [0.29, 0.717) is 21.4 Å². The normalized spacial score (nSPS) is 10.7. The Bertz CT molecular complexity index is 724. The minimum Gasteiger partial charge on any atom is -0.477 e. The van der Waals surface area contributed by atoms with Gasteiger partial charge in [0.25, 0.3) is 5.91 Å². The first-order valence-electron chi connectivity index (χ1n) is 5.79. The van der Waals surface area contributed by atoms with Crippen molar-refractivity contribution in [3.05, 3.63) is 37.5 Å². The number of carboxylic acids is 1. The van der Waals surface area contributed by atoms with Crippen LogP contribution in [0, 0.1) is 6.92 Å². The molecule has 0 unspecified atom stereocenters. The van der Waals surface area contributed by atoms with Crippen LogP contribution in [0.15, 0.2) is 6.07 Å². The Morgan fingerprint density at radius 3 is 2.62 bits per heavy atom. The molecule has 0 atom stereocenters. The molecule has 0 aliphatic rings. The summed E-state index contributed by atoms with van der Waals surface area (Å²) >= 11 is 12.8. The highest BCUT2D eigenvalue weighted by Crippen LogP contribution is 2.25. The predicted octanol–water partition coefficient (Wildman–Crippen LogP) is 2.73. The Morgan fingerprint density at radius 2 is 2.14 bits per heavy atom. The van der Waals surface area contributed by atoms with Crippen molar-refractivity contribution in [2.24, 2.45) is 7.05 Å². The Morgan fingerprint density at radius 1 is 1.48 bits per heavy atom. The summed E-state index contributed by atoms with van der Waals surface area (Å²) < 4.78 is 1.47. The molecule has 1 amide bonds. The van der Waals surface area contributed by atoms with Crippen molar-refractivity contribution in [1.82, 2.24) is 14.9 Å². The van der Waals surface area contributed by atoms with E-state index in [1.54, 1.807) is 14.0 Å². The summed E-state index contributed by atoms with van der Waals surface area (Å²) in [5, 5.41) is 12.7. The van der Waals surface area contributed by atoms with Crippen LogP contribution in [0.3, 0.4) is 0 Å². The van der Waals surface area contributed by atoms with Gasteiger partial charge in [-0.1, -0.05) is 23.2 Å². The van der Waals surface area contributed by atoms with Gasteiger partial charge >= 0.3 is 5.97 Å². The second-order valence-electron chi connectivity index (χ2n) is 4.24. The van der Waals surface area contributed by atoms with Crippen molar-refractivity contribution in [2.75, 3.05) is 0 Å². The zero-order chi connectivity index (χ0) is 15.7. The Balaban J connectivity index is 2.09. The third kappa shape index (κ3) is 3.20. The van der Waals surface area contributed by atoms with Gasteiger partial charge in [-0.3, -0.25) is 4.79 Å². The molecule has 2 aromatic rings. The smallest absolute Gasteiger partial charge is 0.347 e. The summed E-state index contributed by atoms with van der Waals surface area (Å²) in [5.41, 5.74) is 0.749. The van der Waals surface area contributed by atoms with Crippen molar-refractivity contribution < 1.29 is 14.7 Å². The summed E-state index contributed by atoms with van der Waals surface area (Å²) in [4.78, 5) is 27.2. The fraction of sp³-hybridized carbons (Fsp3) is 0.250. The molecule has 0 spiro atoms. The average Bonchev–Trinajstić information content (AvgIpc) is 2.92. The molecular weight excluding hydrogens is 337 g/mol. The second-order valence-corrected chi connectivity index (χ2v) is 6.09. The number of aryl methyl sites for hydroxylation is 1. The molecule has 0 aliphatic heterocycles. The summed E-state index contributed by atoms with van der Waals surface area (Å²) in [7, 11) is 1.62. The molecule has 0 aromatic carbocycles. The van der Waals surface area contributed by atoms with Gasteiger partial charge in [0.2, 0.25) is 0 Å². The largest absolute Gasteiger partial charge is 0.477 e. The van der Waals surface area contributed by atoms with Gasteiger partial charge in [0.1, 0.15) is 20.7 Å². The summed E-state index contributed by atoms with van der Waals surface area (Å²) in [6.45, 7) is 1.75. The molecule has 0 bridgehead atoms. The fourth-order valence-corrected chi connectivity index (χ4v) is 2.95. The fourth-order valence-electron chi connectivity index (χ4n) is 1.73. The first-order valence-corrected chi connectivity index (χ1v) is 7.37. The van der Waals surface area contributed by atoms with Gasteiger partial charge < -0.3 is 15.0 Å². The molecule has 0 saturated heterocycles. The molecule has 2 heterocycles. The molecule has 21 heavy (non-hydrogen) atoms. The predicted molar refractivity (Wildman–Crippen MR) is 80.4 cm³/mol. The number of thiazole rings is 1. The maximum Gasteiger partial charge on any atom is 0.347 e. The standard InChI is InChI=1S/C12H11Cl2N3O3S/c1-5-9(12(19)20)21-8(16-5)4-15-11(18)7-3-6(13)10(14)17(7)2/h3H,4H2,1-2H3,(H,15,18)(H,19,20). The van der Waals surface area contributed by atoms with Crippen LogP contribution in [0.5, 0.6) is 0 Å². The van der Waals surface area contributed by atoms with Crippen molar-refractivity contribution >= 4 is 46.4 Å². The van der Waals surface area contributed by atoms with Gasteiger partial charge in [-0.15, -0.1) is 11.3 Å². The monoisotopic (exact) mass is 347 g/mol. The van der Waals surface area contributed by atoms with Crippen molar-refractivity contribution in [3.63, 3.8) is 0 Å². The highest BCUT2D eigenvalue weighted by molar-refractivity contribution is 7.13. The molecule has 0 aliphatic carbocycles. The molecule has 112 valence electrons. The minimum atomic E-state index is -1.02. The number of halogens is 2. The number of hydrogen-bond donors (Lipinski definition) is 2. The molecule has 0 fully saturated rings. The third-order valence-corrected chi connectivity index (χ3v) is 4.77. The Kier molecular flexibility index (Phi) is 4.55.